The molecule has 4 aromatic rings. The zero-order valence-electron chi connectivity index (χ0n) is 19.5. The van der Waals surface area contributed by atoms with E-state index in [0.29, 0.717) is 17.2 Å². The molecule has 9 heteroatoms. The van der Waals surface area contributed by atoms with Gasteiger partial charge in [0.05, 0.1) is 24.6 Å². The van der Waals surface area contributed by atoms with E-state index in [1.54, 1.807) is 44.7 Å². The zero-order valence-corrected chi connectivity index (χ0v) is 20.3. The third kappa shape index (κ3) is 5.88. The van der Waals surface area contributed by atoms with Gasteiger partial charge in [0.2, 0.25) is 0 Å². The lowest BCUT2D eigenvalue weighted by atomic mass is 10.0. The summed E-state index contributed by atoms with van der Waals surface area (Å²) in [5, 5.41) is 6.48. The summed E-state index contributed by atoms with van der Waals surface area (Å²) in [6, 6.07) is 19.2. The molecule has 1 aromatic heterocycles. The van der Waals surface area contributed by atoms with Gasteiger partial charge in [-0.2, -0.15) is 0 Å². The molecule has 0 saturated carbocycles. The first kappa shape index (κ1) is 24.0. The average Bonchev–Trinajstić information content (AvgIpc) is 2.86. The van der Waals surface area contributed by atoms with Crippen molar-refractivity contribution in [1.82, 2.24) is 10.3 Å². The number of hydrogen-bond acceptors (Lipinski definition) is 6. The molecule has 0 aliphatic carbocycles. The fourth-order valence-corrected chi connectivity index (χ4v) is 4.17. The van der Waals surface area contributed by atoms with Gasteiger partial charge < -0.3 is 20.1 Å². The lowest BCUT2D eigenvalue weighted by Crippen LogP contribution is -2.28. The molecule has 0 unspecified atom stereocenters. The van der Waals surface area contributed by atoms with Crippen LogP contribution >= 0.6 is 0 Å². The van der Waals surface area contributed by atoms with Crippen LogP contribution in [0, 0.1) is 0 Å². The molecule has 2 amide bonds. The molecule has 0 bridgehead atoms. The van der Waals surface area contributed by atoms with Crippen LogP contribution in [0.5, 0.6) is 11.5 Å². The van der Waals surface area contributed by atoms with Crippen molar-refractivity contribution in [1.29, 1.82) is 0 Å². The molecule has 4 rings (SSSR count). The maximum absolute atomic E-state index is 12.3. The Morgan fingerprint density at radius 3 is 2.20 bits per heavy atom. The van der Waals surface area contributed by atoms with Crippen LogP contribution in [0.3, 0.4) is 0 Å². The van der Waals surface area contributed by atoms with Crippen molar-refractivity contribution >= 4 is 32.5 Å². The Morgan fingerprint density at radius 1 is 0.886 bits per heavy atom. The van der Waals surface area contributed by atoms with E-state index in [9.17, 15) is 13.2 Å². The van der Waals surface area contributed by atoms with Crippen molar-refractivity contribution in [3.63, 3.8) is 0 Å². The minimum absolute atomic E-state index is 0.239. The number of nitrogens with zero attached hydrogens (tertiary/aromatic N) is 1. The van der Waals surface area contributed by atoms with Crippen molar-refractivity contribution in [2.75, 3.05) is 25.8 Å². The van der Waals surface area contributed by atoms with Crippen LogP contribution in [0.2, 0.25) is 0 Å². The van der Waals surface area contributed by atoms with Gasteiger partial charge in [-0.05, 0) is 53.6 Å². The number of pyridine rings is 1. The molecule has 0 radical (unpaired) electrons. The molecular weight excluding hydrogens is 466 g/mol. The first-order valence-corrected chi connectivity index (χ1v) is 12.6. The number of amides is 2. The van der Waals surface area contributed by atoms with Crippen molar-refractivity contribution in [3.8, 4) is 22.6 Å². The quantitative estimate of drug-likeness (QED) is 0.390. The molecule has 0 spiro atoms. The van der Waals surface area contributed by atoms with Gasteiger partial charge >= 0.3 is 6.03 Å². The number of sulfone groups is 1. The second-order valence-electron chi connectivity index (χ2n) is 7.96. The van der Waals surface area contributed by atoms with E-state index in [1.165, 1.54) is 12.1 Å². The summed E-state index contributed by atoms with van der Waals surface area (Å²) in [6.07, 6.45) is 2.92. The summed E-state index contributed by atoms with van der Waals surface area (Å²) < 4.78 is 33.8. The van der Waals surface area contributed by atoms with E-state index < -0.39 is 9.84 Å². The van der Waals surface area contributed by atoms with Crippen molar-refractivity contribution < 1.29 is 22.7 Å². The number of carbonyl (C=O) groups excluding carboxylic acids is 1. The predicted octanol–water partition coefficient (Wildman–Crippen LogP) is 4.64. The second-order valence-corrected chi connectivity index (χ2v) is 9.97. The topological polar surface area (TPSA) is 107 Å². The van der Waals surface area contributed by atoms with Crippen LogP contribution in [0.25, 0.3) is 22.0 Å². The minimum atomic E-state index is -3.25. The SMILES string of the molecule is COc1cc(OC)cc(-c2cnc3cc(NC(=O)NCc4ccc(S(C)(=O)=O)cc4)ccc3c2)c1. The summed E-state index contributed by atoms with van der Waals surface area (Å²) in [6.45, 7) is 0.259. The smallest absolute Gasteiger partial charge is 0.319 e. The Hall–Kier alpha value is -4.11. The molecule has 0 aliphatic rings. The summed E-state index contributed by atoms with van der Waals surface area (Å²) in [5.41, 5.74) is 3.95. The summed E-state index contributed by atoms with van der Waals surface area (Å²) in [7, 11) is -0.0361. The summed E-state index contributed by atoms with van der Waals surface area (Å²) in [4.78, 5) is 17.1. The summed E-state index contributed by atoms with van der Waals surface area (Å²) in [5.74, 6) is 1.38. The van der Waals surface area contributed by atoms with Crippen molar-refractivity contribution in [2.45, 2.75) is 11.4 Å². The largest absolute Gasteiger partial charge is 0.497 e. The van der Waals surface area contributed by atoms with E-state index in [4.69, 9.17) is 9.47 Å². The molecule has 180 valence electrons. The Bertz CT molecular complexity index is 1460. The standard InChI is InChI=1S/C26H25N3O5S/c1-33-22-11-19(12-23(14-22)34-2)20-10-18-6-7-21(13-25(18)27-16-20)29-26(30)28-15-17-4-8-24(9-5-17)35(3,31)32/h4-14,16H,15H2,1-3H3,(H2,28,29,30). The molecule has 35 heavy (non-hydrogen) atoms. The molecule has 8 nitrogen and oxygen atoms in total. The van der Waals surface area contributed by atoms with Gasteiger partial charge in [-0.1, -0.05) is 18.2 Å². The van der Waals surface area contributed by atoms with Gasteiger partial charge in [0, 0.05) is 41.7 Å². The average molecular weight is 492 g/mol. The van der Waals surface area contributed by atoms with Gasteiger partial charge in [-0.3, -0.25) is 4.98 Å². The molecule has 2 N–H and O–H groups in total. The van der Waals surface area contributed by atoms with E-state index in [0.717, 1.165) is 33.8 Å². The number of methoxy groups -OCH3 is 2. The first-order valence-electron chi connectivity index (χ1n) is 10.7. The van der Waals surface area contributed by atoms with Crippen molar-refractivity contribution in [3.05, 3.63) is 78.5 Å². The van der Waals surface area contributed by atoms with Crippen molar-refractivity contribution in [2.24, 2.45) is 0 Å². The van der Waals surface area contributed by atoms with Crippen LogP contribution in [0.4, 0.5) is 10.5 Å². The maximum Gasteiger partial charge on any atom is 0.319 e. The Balaban J connectivity index is 1.44. The first-order chi connectivity index (χ1) is 16.7. The molecular formula is C26H25N3O5S. The highest BCUT2D eigenvalue weighted by Gasteiger charge is 2.09. The lowest BCUT2D eigenvalue weighted by Gasteiger charge is -2.11. The van der Waals surface area contributed by atoms with E-state index in [2.05, 4.69) is 15.6 Å². The monoisotopic (exact) mass is 491 g/mol. The number of rotatable bonds is 7. The number of hydrogen-bond donors (Lipinski definition) is 2. The van der Waals surface area contributed by atoms with Gasteiger partial charge in [0.15, 0.2) is 9.84 Å². The fraction of sp³-hybridized carbons (Fsp3) is 0.154. The summed E-state index contributed by atoms with van der Waals surface area (Å²) >= 11 is 0. The predicted molar refractivity (Wildman–Crippen MR) is 136 cm³/mol. The van der Waals surface area contributed by atoms with Gasteiger partial charge in [-0.15, -0.1) is 0 Å². The van der Waals surface area contributed by atoms with E-state index in [1.807, 2.05) is 30.3 Å². The Morgan fingerprint density at radius 2 is 1.57 bits per heavy atom. The number of benzene rings is 3. The molecule has 0 aliphatic heterocycles. The van der Waals surface area contributed by atoms with Gasteiger partial charge in [0.1, 0.15) is 11.5 Å². The molecule has 0 saturated heterocycles. The highest BCUT2D eigenvalue weighted by Crippen LogP contribution is 2.31. The molecule has 3 aromatic carbocycles. The Labute approximate surface area is 203 Å². The van der Waals surface area contributed by atoms with Crippen LogP contribution in [0.15, 0.2) is 77.8 Å². The third-order valence-corrected chi connectivity index (χ3v) is 6.56. The Kier molecular flexibility index (Phi) is 6.88. The third-order valence-electron chi connectivity index (χ3n) is 5.43. The highest BCUT2D eigenvalue weighted by atomic mass is 32.2. The fourth-order valence-electron chi connectivity index (χ4n) is 3.54. The number of carbonyl (C=O) groups is 1. The highest BCUT2D eigenvalue weighted by molar-refractivity contribution is 7.90. The number of nitrogens with one attached hydrogen (secondary N) is 2. The number of aromatic nitrogens is 1. The molecule has 0 atom stereocenters. The second kappa shape index (κ2) is 10.0. The number of urea groups is 1. The molecule has 1 heterocycles. The van der Waals surface area contributed by atoms with Crippen LogP contribution < -0.4 is 20.1 Å². The van der Waals surface area contributed by atoms with E-state index in [-0.39, 0.29) is 17.5 Å². The van der Waals surface area contributed by atoms with Crippen LogP contribution in [-0.4, -0.2) is 39.9 Å². The minimum Gasteiger partial charge on any atom is -0.497 e. The number of fused-ring (bicyclic) bond motifs is 1. The van der Waals surface area contributed by atoms with Crippen LogP contribution in [0.1, 0.15) is 5.56 Å². The maximum atomic E-state index is 12.3. The number of ether oxygens (including phenoxy) is 2. The van der Waals surface area contributed by atoms with Crippen LogP contribution in [-0.2, 0) is 16.4 Å². The van der Waals surface area contributed by atoms with Gasteiger partial charge in [-0.25, -0.2) is 13.2 Å². The zero-order chi connectivity index (χ0) is 25.0. The van der Waals surface area contributed by atoms with E-state index >= 15 is 0 Å². The normalized spacial score (nSPS) is 11.2. The lowest BCUT2D eigenvalue weighted by molar-refractivity contribution is 0.251. The molecule has 0 fully saturated rings. The number of anilines is 1. The van der Waals surface area contributed by atoms with Gasteiger partial charge in [0.25, 0.3) is 0 Å².